The maximum atomic E-state index is 12.1. The summed E-state index contributed by atoms with van der Waals surface area (Å²) in [6.45, 7) is 6.84. The number of carbonyl (C=O) groups excluding carboxylic acids is 1. The standard InChI is InChI=1S/C13H27N3O/c1-11(2)12(14)7-10-15(3)13(17)16-8-5-4-6-9-16/h11-12H,4-10,14H2,1-3H3. The molecule has 1 aliphatic heterocycles. The first-order valence-corrected chi connectivity index (χ1v) is 6.78. The van der Waals surface area contributed by atoms with Crippen molar-refractivity contribution < 1.29 is 4.79 Å². The lowest BCUT2D eigenvalue weighted by Crippen LogP contribution is -2.45. The average molecular weight is 241 g/mol. The highest BCUT2D eigenvalue weighted by Crippen LogP contribution is 2.11. The number of nitrogens with zero attached hydrogens (tertiary/aromatic N) is 2. The minimum atomic E-state index is 0.167. The van der Waals surface area contributed by atoms with Crippen molar-refractivity contribution >= 4 is 6.03 Å². The number of hydrogen-bond acceptors (Lipinski definition) is 2. The van der Waals surface area contributed by atoms with Crippen LogP contribution < -0.4 is 5.73 Å². The first-order valence-electron chi connectivity index (χ1n) is 6.78. The Bertz CT molecular complexity index is 237. The molecule has 1 unspecified atom stereocenters. The summed E-state index contributed by atoms with van der Waals surface area (Å²) < 4.78 is 0. The number of nitrogens with two attached hydrogens (primary N) is 1. The van der Waals surface area contributed by atoms with E-state index in [9.17, 15) is 4.79 Å². The van der Waals surface area contributed by atoms with E-state index in [0.717, 1.165) is 38.9 Å². The number of amides is 2. The molecule has 0 radical (unpaired) electrons. The summed E-state index contributed by atoms with van der Waals surface area (Å²) in [7, 11) is 1.88. The Morgan fingerprint density at radius 2 is 1.88 bits per heavy atom. The second-order valence-electron chi connectivity index (χ2n) is 5.45. The van der Waals surface area contributed by atoms with Crippen molar-refractivity contribution in [2.75, 3.05) is 26.7 Å². The molecule has 1 heterocycles. The van der Waals surface area contributed by atoms with Crippen molar-refractivity contribution in [2.45, 2.75) is 45.6 Å². The lowest BCUT2D eigenvalue weighted by molar-refractivity contribution is 0.151. The zero-order valence-corrected chi connectivity index (χ0v) is 11.5. The van der Waals surface area contributed by atoms with Crippen LogP contribution in [0.4, 0.5) is 4.79 Å². The molecule has 0 spiro atoms. The fourth-order valence-corrected chi connectivity index (χ4v) is 2.10. The van der Waals surface area contributed by atoms with E-state index in [2.05, 4.69) is 13.8 Å². The van der Waals surface area contributed by atoms with E-state index in [-0.39, 0.29) is 12.1 Å². The zero-order chi connectivity index (χ0) is 12.8. The van der Waals surface area contributed by atoms with Crippen LogP contribution in [0.25, 0.3) is 0 Å². The number of rotatable bonds is 4. The number of carbonyl (C=O) groups is 1. The third kappa shape index (κ3) is 4.54. The maximum Gasteiger partial charge on any atom is 0.319 e. The topological polar surface area (TPSA) is 49.6 Å². The zero-order valence-electron chi connectivity index (χ0n) is 11.5. The van der Waals surface area contributed by atoms with Crippen LogP contribution in [0.3, 0.4) is 0 Å². The maximum absolute atomic E-state index is 12.1. The van der Waals surface area contributed by atoms with Crippen molar-refractivity contribution in [1.29, 1.82) is 0 Å². The Hall–Kier alpha value is -0.770. The normalized spacial score (nSPS) is 18.3. The minimum absolute atomic E-state index is 0.167. The molecule has 0 aliphatic carbocycles. The number of hydrogen-bond donors (Lipinski definition) is 1. The molecule has 2 N–H and O–H groups in total. The van der Waals surface area contributed by atoms with Gasteiger partial charge in [-0.3, -0.25) is 0 Å². The first-order chi connectivity index (χ1) is 8.02. The van der Waals surface area contributed by atoms with Gasteiger partial charge >= 0.3 is 6.03 Å². The molecule has 100 valence electrons. The molecule has 0 bridgehead atoms. The minimum Gasteiger partial charge on any atom is -0.328 e. The molecule has 1 aliphatic rings. The molecule has 0 aromatic heterocycles. The molecular weight excluding hydrogens is 214 g/mol. The third-order valence-electron chi connectivity index (χ3n) is 3.61. The molecule has 1 saturated heterocycles. The quantitative estimate of drug-likeness (QED) is 0.817. The Balaban J connectivity index is 2.30. The van der Waals surface area contributed by atoms with Crippen LogP contribution in [-0.4, -0.2) is 48.6 Å². The second-order valence-corrected chi connectivity index (χ2v) is 5.45. The molecule has 1 atom stereocenters. The van der Waals surface area contributed by atoms with E-state index in [4.69, 9.17) is 5.73 Å². The van der Waals surface area contributed by atoms with Gasteiger partial charge in [-0.25, -0.2) is 4.79 Å². The van der Waals surface area contributed by atoms with Crippen LogP contribution in [0.5, 0.6) is 0 Å². The summed E-state index contributed by atoms with van der Waals surface area (Å²) in [4.78, 5) is 15.9. The molecule has 2 amide bonds. The largest absolute Gasteiger partial charge is 0.328 e. The monoisotopic (exact) mass is 241 g/mol. The van der Waals surface area contributed by atoms with Crippen LogP contribution in [-0.2, 0) is 0 Å². The Morgan fingerprint density at radius 1 is 1.29 bits per heavy atom. The van der Waals surface area contributed by atoms with Crippen LogP contribution in [0, 0.1) is 5.92 Å². The van der Waals surface area contributed by atoms with Crippen molar-refractivity contribution in [3.63, 3.8) is 0 Å². The molecule has 0 aromatic rings. The summed E-state index contributed by atoms with van der Waals surface area (Å²) in [6.07, 6.45) is 4.43. The molecule has 0 aromatic carbocycles. The van der Waals surface area contributed by atoms with Gasteiger partial charge in [-0.1, -0.05) is 13.8 Å². The van der Waals surface area contributed by atoms with Gasteiger partial charge in [-0.05, 0) is 31.6 Å². The number of piperidine rings is 1. The highest BCUT2D eigenvalue weighted by Gasteiger charge is 2.20. The fraction of sp³-hybridized carbons (Fsp3) is 0.923. The van der Waals surface area contributed by atoms with Crippen LogP contribution in [0.2, 0.25) is 0 Å². The lowest BCUT2D eigenvalue weighted by atomic mass is 10.0. The van der Waals surface area contributed by atoms with Crippen molar-refractivity contribution in [1.82, 2.24) is 9.80 Å². The van der Waals surface area contributed by atoms with Gasteiger partial charge in [0.15, 0.2) is 0 Å². The van der Waals surface area contributed by atoms with E-state index in [1.165, 1.54) is 6.42 Å². The highest BCUT2D eigenvalue weighted by atomic mass is 16.2. The van der Waals surface area contributed by atoms with Crippen molar-refractivity contribution in [3.05, 3.63) is 0 Å². The van der Waals surface area contributed by atoms with Crippen molar-refractivity contribution in [2.24, 2.45) is 11.7 Å². The molecule has 4 nitrogen and oxygen atoms in total. The van der Waals surface area contributed by atoms with Crippen LogP contribution in [0.1, 0.15) is 39.5 Å². The van der Waals surface area contributed by atoms with E-state index < -0.39 is 0 Å². The predicted octanol–water partition coefficient (Wildman–Crippen LogP) is 1.90. The van der Waals surface area contributed by atoms with Gasteiger partial charge in [0, 0.05) is 32.7 Å². The van der Waals surface area contributed by atoms with Gasteiger partial charge in [-0.2, -0.15) is 0 Å². The Morgan fingerprint density at radius 3 is 2.41 bits per heavy atom. The van der Waals surface area contributed by atoms with Gasteiger partial charge in [0.1, 0.15) is 0 Å². The highest BCUT2D eigenvalue weighted by molar-refractivity contribution is 5.74. The van der Waals surface area contributed by atoms with E-state index >= 15 is 0 Å². The summed E-state index contributed by atoms with van der Waals surface area (Å²) in [5.41, 5.74) is 5.99. The summed E-state index contributed by atoms with van der Waals surface area (Å²) >= 11 is 0. The molecule has 0 saturated carbocycles. The predicted molar refractivity (Wildman–Crippen MR) is 70.9 cm³/mol. The van der Waals surface area contributed by atoms with Gasteiger partial charge in [0.25, 0.3) is 0 Å². The summed E-state index contributed by atoms with van der Waals surface area (Å²) in [6, 6.07) is 0.354. The smallest absolute Gasteiger partial charge is 0.319 e. The summed E-state index contributed by atoms with van der Waals surface area (Å²) in [5.74, 6) is 0.480. The Kier molecular flexibility index (Phi) is 5.75. The molecule has 1 fully saturated rings. The second kappa shape index (κ2) is 6.84. The summed E-state index contributed by atoms with van der Waals surface area (Å²) in [5, 5.41) is 0. The van der Waals surface area contributed by atoms with E-state index in [1.54, 1.807) is 0 Å². The Labute approximate surface area is 105 Å². The molecule has 17 heavy (non-hydrogen) atoms. The van der Waals surface area contributed by atoms with Gasteiger partial charge < -0.3 is 15.5 Å². The number of urea groups is 1. The van der Waals surface area contributed by atoms with Gasteiger partial charge in [0.05, 0.1) is 0 Å². The van der Waals surface area contributed by atoms with Crippen LogP contribution in [0.15, 0.2) is 0 Å². The first kappa shape index (κ1) is 14.3. The van der Waals surface area contributed by atoms with Gasteiger partial charge in [0.2, 0.25) is 0 Å². The van der Waals surface area contributed by atoms with Gasteiger partial charge in [-0.15, -0.1) is 0 Å². The number of likely N-dealkylation sites (tertiary alicyclic amines) is 1. The average Bonchev–Trinajstić information content (AvgIpc) is 2.35. The van der Waals surface area contributed by atoms with Crippen LogP contribution >= 0.6 is 0 Å². The lowest BCUT2D eigenvalue weighted by Gasteiger charge is -2.31. The fourth-order valence-electron chi connectivity index (χ4n) is 2.10. The van der Waals surface area contributed by atoms with E-state index in [0.29, 0.717) is 5.92 Å². The van der Waals surface area contributed by atoms with Crippen molar-refractivity contribution in [3.8, 4) is 0 Å². The third-order valence-corrected chi connectivity index (χ3v) is 3.61. The molecule has 4 heteroatoms. The molecular formula is C13H27N3O. The SMILES string of the molecule is CC(C)C(N)CCN(C)C(=O)N1CCCCC1. The molecule has 1 rings (SSSR count). The van der Waals surface area contributed by atoms with E-state index in [1.807, 2.05) is 16.8 Å².